The molecule has 7 heteroatoms. The number of halogens is 1. The number of ether oxygens (including phenoxy) is 2. The van der Waals surface area contributed by atoms with E-state index in [2.05, 4.69) is 15.6 Å². The van der Waals surface area contributed by atoms with E-state index >= 15 is 0 Å². The first-order valence-electron chi connectivity index (χ1n) is 7.08. The highest BCUT2D eigenvalue weighted by Gasteiger charge is 2.06. The normalized spacial score (nSPS) is 10.0. The summed E-state index contributed by atoms with van der Waals surface area (Å²) in [6.45, 7) is 2.77. The maximum atomic E-state index is 11.9. The van der Waals surface area contributed by atoms with E-state index in [1.54, 1.807) is 43.6 Å². The molecule has 0 aliphatic heterocycles. The Labute approximate surface area is 139 Å². The number of pyridine rings is 1. The van der Waals surface area contributed by atoms with E-state index in [0.29, 0.717) is 35.5 Å². The summed E-state index contributed by atoms with van der Waals surface area (Å²) in [5.74, 6) is 1.09. The van der Waals surface area contributed by atoms with Gasteiger partial charge >= 0.3 is 6.03 Å². The summed E-state index contributed by atoms with van der Waals surface area (Å²) in [7, 11) is 1.54. The van der Waals surface area contributed by atoms with Gasteiger partial charge in [0.25, 0.3) is 0 Å². The van der Waals surface area contributed by atoms with Gasteiger partial charge in [-0.3, -0.25) is 0 Å². The summed E-state index contributed by atoms with van der Waals surface area (Å²) in [5, 5.41) is 5.91. The largest absolute Gasteiger partial charge is 0.492 e. The third-order valence-electron chi connectivity index (χ3n) is 2.95. The van der Waals surface area contributed by atoms with Crippen molar-refractivity contribution in [2.75, 3.05) is 19.0 Å². The molecule has 0 aliphatic rings. The quantitative estimate of drug-likeness (QED) is 0.848. The lowest BCUT2D eigenvalue weighted by Gasteiger charge is -2.10. The van der Waals surface area contributed by atoms with E-state index in [0.717, 1.165) is 5.56 Å². The third-order valence-corrected chi connectivity index (χ3v) is 3.25. The summed E-state index contributed by atoms with van der Waals surface area (Å²) in [4.78, 5) is 15.9. The maximum Gasteiger partial charge on any atom is 0.319 e. The Morgan fingerprint density at radius 1 is 1.30 bits per heavy atom. The van der Waals surface area contributed by atoms with Crippen molar-refractivity contribution in [3.05, 3.63) is 47.1 Å². The van der Waals surface area contributed by atoms with Gasteiger partial charge in [0, 0.05) is 24.5 Å². The lowest BCUT2D eigenvalue weighted by atomic mass is 10.2. The number of anilines is 1. The molecule has 0 aliphatic carbocycles. The van der Waals surface area contributed by atoms with Crippen LogP contribution in [0.4, 0.5) is 10.5 Å². The van der Waals surface area contributed by atoms with Crippen molar-refractivity contribution in [3.8, 4) is 11.6 Å². The smallest absolute Gasteiger partial charge is 0.319 e. The fourth-order valence-corrected chi connectivity index (χ4v) is 2.12. The highest BCUT2D eigenvalue weighted by Crippen LogP contribution is 2.27. The summed E-state index contributed by atoms with van der Waals surface area (Å²) < 4.78 is 10.4. The van der Waals surface area contributed by atoms with Gasteiger partial charge in [0.15, 0.2) is 0 Å². The first-order chi connectivity index (χ1) is 11.1. The zero-order chi connectivity index (χ0) is 16.7. The topological polar surface area (TPSA) is 72.5 Å². The Morgan fingerprint density at radius 3 is 2.83 bits per heavy atom. The van der Waals surface area contributed by atoms with E-state index < -0.39 is 0 Å². The molecule has 2 N–H and O–H groups in total. The van der Waals surface area contributed by atoms with Crippen molar-refractivity contribution in [2.24, 2.45) is 0 Å². The molecule has 2 amide bonds. The van der Waals surface area contributed by atoms with E-state index in [1.165, 1.54) is 0 Å². The lowest BCUT2D eigenvalue weighted by molar-refractivity contribution is 0.251. The Morgan fingerprint density at radius 2 is 2.13 bits per heavy atom. The molecule has 2 rings (SSSR count). The van der Waals surface area contributed by atoms with E-state index in [-0.39, 0.29) is 6.03 Å². The Bertz CT molecular complexity index is 679. The molecule has 0 unspecified atom stereocenters. The highest BCUT2D eigenvalue weighted by molar-refractivity contribution is 6.32. The first kappa shape index (κ1) is 16.9. The van der Waals surface area contributed by atoms with Gasteiger partial charge in [-0.2, -0.15) is 0 Å². The molecule has 0 bridgehead atoms. The second-order valence-corrected chi connectivity index (χ2v) is 5.00. The summed E-state index contributed by atoms with van der Waals surface area (Å²) >= 11 is 6.08. The van der Waals surface area contributed by atoms with Crippen molar-refractivity contribution in [3.63, 3.8) is 0 Å². The Balaban J connectivity index is 1.90. The molecule has 0 radical (unpaired) electrons. The number of nitrogens with one attached hydrogen (secondary N) is 2. The van der Waals surface area contributed by atoms with Crippen LogP contribution >= 0.6 is 11.6 Å². The van der Waals surface area contributed by atoms with Crippen LogP contribution in [0.25, 0.3) is 0 Å². The number of hydrogen-bond donors (Lipinski definition) is 2. The van der Waals surface area contributed by atoms with Crippen LogP contribution in [0.2, 0.25) is 5.02 Å². The van der Waals surface area contributed by atoms with Crippen LogP contribution in [0.15, 0.2) is 36.5 Å². The lowest BCUT2D eigenvalue weighted by Crippen LogP contribution is -2.28. The molecule has 0 saturated carbocycles. The molecular weight excluding hydrogens is 318 g/mol. The SMILES string of the molecule is CCOc1ccc(NC(=O)NCc2ccnc(OC)c2)cc1Cl. The number of urea groups is 1. The van der Waals surface area contributed by atoms with Crippen molar-refractivity contribution < 1.29 is 14.3 Å². The second kappa shape index (κ2) is 8.24. The van der Waals surface area contributed by atoms with Crippen molar-refractivity contribution in [1.82, 2.24) is 10.3 Å². The molecule has 0 fully saturated rings. The molecule has 1 heterocycles. The zero-order valence-corrected chi connectivity index (χ0v) is 13.7. The molecule has 23 heavy (non-hydrogen) atoms. The fourth-order valence-electron chi connectivity index (χ4n) is 1.88. The van der Waals surface area contributed by atoms with Crippen LogP contribution in [0.1, 0.15) is 12.5 Å². The van der Waals surface area contributed by atoms with Gasteiger partial charge in [-0.25, -0.2) is 9.78 Å². The standard InChI is InChI=1S/C16H18ClN3O3/c1-3-23-14-5-4-12(9-13(14)17)20-16(21)19-10-11-6-7-18-15(8-11)22-2/h4-9H,3,10H2,1-2H3,(H2,19,20,21). The van der Waals surface area contributed by atoms with Gasteiger partial charge in [-0.05, 0) is 36.8 Å². The van der Waals surface area contributed by atoms with Gasteiger partial charge in [-0.1, -0.05) is 11.6 Å². The average Bonchev–Trinajstić information content (AvgIpc) is 2.56. The second-order valence-electron chi connectivity index (χ2n) is 4.59. The van der Waals surface area contributed by atoms with Crippen LogP contribution in [0, 0.1) is 0 Å². The first-order valence-corrected chi connectivity index (χ1v) is 7.46. The number of rotatable bonds is 6. The molecule has 0 spiro atoms. The molecule has 1 aromatic carbocycles. The number of carbonyl (C=O) groups excluding carboxylic acids is 1. The Kier molecular flexibility index (Phi) is 6.05. The van der Waals surface area contributed by atoms with Crippen molar-refractivity contribution in [2.45, 2.75) is 13.5 Å². The van der Waals surface area contributed by atoms with Crippen molar-refractivity contribution in [1.29, 1.82) is 0 Å². The van der Waals surface area contributed by atoms with Gasteiger partial charge in [-0.15, -0.1) is 0 Å². The van der Waals surface area contributed by atoms with Crippen LogP contribution in [0.5, 0.6) is 11.6 Å². The number of aromatic nitrogens is 1. The number of benzene rings is 1. The summed E-state index contributed by atoms with van der Waals surface area (Å²) in [5.41, 5.74) is 1.47. The van der Waals surface area contributed by atoms with E-state index in [9.17, 15) is 4.79 Å². The van der Waals surface area contributed by atoms with E-state index in [1.807, 2.05) is 6.92 Å². The highest BCUT2D eigenvalue weighted by atomic mass is 35.5. The summed E-state index contributed by atoms with van der Waals surface area (Å²) in [6.07, 6.45) is 1.62. The maximum absolute atomic E-state index is 11.9. The third kappa shape index (κ3) is 5.03. The molecule has 0 atom stereocenters. The van der Waals surface area contributed by atoms with E-state index in [4.69, 9.17) is 21.1 Å². The Hall–Kier alpha value is -2.47. The zero-order valence-electron chi connectivity index (χ0n) is 12.9. The van der Waals surface area contributed by atoms with Gasteiger partial charge in [0.05, 0.1) is 18.7 Å². The number of methoxy groups -OCH3 is 1. The number of amides is 2. The minimum absolute atomic E-state index is 0.332. The van der Waals surface area contributed by atoms with Gasteiger partial charge in [0.1, 0.15) is 5.75 Å². The predicted octanol–water partition coefficient (Wildman–Crippen LogP) is 3.46. The molecule has 0 saturated heterocycles. The van der Waals surface area contributed by atoms with Crippen LogP contribution in [0.3, 0.4) is 0 Å². The van der Waals surface area contributed by atoms with Crippen LogP contribution in [-0.4, -0.2) is 24.7 Å². The minimum Gasteiger partial charge on any atom is -0.492 e. The average molecular weight is 336 g/mol. The predicted molar refractivity (Wildman–Crippen MR) is 89.3 cm³/mol. The van der Waals surface area contributed by atoms with Crippen LogP contribution in [-0.2, 0) is 6.54 Å². The molecule has 122 valence electrons. The number of nitrogens with zero attached hydrogens (tertiary/aromatic N) is 1. The van der Waals surface area contributed by atoms with Gasteiger partial charge < -0.3 is 20.1 Å². The monoisotopic (exact) mass is 335 g/mol. The van der Waals surface area contributed by atoms with Gasteiger partial charge in [0.2, 0.25) is 5.88 Å². The number of carbonyl (C=O) groups is 1. The van der Waals surface area contributed by atoms with Crippen molar-refractivity contribution >= 4 is 23.3 Å². The summed E-state index contributed by atoms with van der Waals surface area (Å²) in [6, 6.07) is 8.31. The fraction of sp³-hybridized carbons (Fsp3) is 0.250. The molecular formula is C16H18ClN3O3. The molecule has 1 aromatic heterocycles. The molecule has 2 aromatic rings. The number of hydrogen-bond acceptors (Lipinski definition) is 4. The molecule has 6 nitrogen and oxygen atoms in total. The minimum atomic E-state index is -0.332. The van der Waals surface area contributed by atoms with Crippen LogP contribution < -0.4 is 20.1 Å².